The van der Waals surface area contributed by atoms with Crippen LogP contribution in [-0.2, 0) is 9.59 Å². The standard InChI is InChI=1S/C19H26N2O3/c1-13(2)11-21-16-10-15(8-9-17(16)24-12-18(21)22)20-19(23)14-6-4-3-5-7-14/h8-10,13-14H,3-7,11-12H2,1-2H3,(H,20,23). The van der Waals surface area contributed by atoms with E-state index in [9.17, 15) is 9.59 Å². The number of nitrogens with one attached hydrogen (secondary N) is 1. The molecule has 1 heterocycles. The van der Waals surface area contributed by atoms with Gasteiger partial charge in [0.15, 0.2) is 6.61 Å². The summed E-state index contributed by atoms with van der Waals surface area (Å²) in [6.07, 6.45) is 5.43. The number of hydrogen-bond acceptors (Lipinski definition) is 3. The summed E-state index contributed by atoms with van der Waals surface area (Å²) in [5.41, 5.74) is 1.48. The fourth-order valence-corrected chi connectivity index (χ4v) is 3.45. The predicted molar refractivity (Wildman–Crippen MR) is 94.3 cm³/mol. The highest BCUT2D eigenvalue weighted by atomic mass is 16.5. The SMILES string of the molecule is CC(C)CN1C(=O)COc2ccc(NC(=O)C3CCCCC3)cc21. The van der Waals surface area contributed by atoms with Gasteiger partial charge in [0, 0.05) is 18.2 Å². The number of nitrogens with zero attached hydrogens (tertiary/aromatic N) is 1. The molecule has 24 heavy (non-hydrogen) atoms. The molecule has 1 fully saturated rings. The summed E-state index contributed by atoms with van der Waals surface area (Å²) in [5.74, 6) is 1.23. The Morgan fingerprint density at radius 3 is 2.75 bits per heavy atom. The molecule has 0 bridgehead atoms. The highest BCUT2D eigenvalue weighted by Crippen LogP contribution is 2.35. The molecule has 1 aromatic rings. The second-order valence-electron chi connectivity index (χ2n) is 7.19. The lowest BCUT2D eigenvalue weighted by atomic mass is 9.88. The quantitative estimate of drug-likeness (QED) is 0.918. The third-order valence-corrected chi connectivity index (χ3v) is 4.69. The van der Waals surface area contributed by atoms with Gasteiger partial charge in [-0.2, -0.15) is 0 Å². The van der Waals surface area contributed by atoms with Crippen molar-refractivity contribution in [3.8, 4) is 5.75 Å². The molecule has 1 saturated carbocycles. The van der Waals surface area contributed by atoms with Gasteiger partial charge < -0.3 is 15.0 Å². The molecule has 0 radical (unpaired) electrons. The summed E-state index contributed by atoms with van der Waals surface area (Å²) in [7, 11) is 0. The van der Waals surface area contributed by atoms with Crippen LogP contribution < -0.4 is 15.0 Å². The number of amides is 2. The number of carbonyl (C=O) groups excluding carboxylic acids is 2. The molecule has 0 saturated heterocycles. The van der Waals surface area contributed by atoms with Gasteiger partial charge in [-0.25, -0.2) is 0 Å². The van der Waals surface area contributed by atoms with Gasteiger partial charge in [-0.1, -0.05) is 33.1 Å². The van der Waals surface area contributed by atoms with Gasteiger partial charge in [-0.3, -0.25) is 9.59 Å². The summed E-state index contributed by atoms with van der Waals surface area (Å²) in [6, 6.07) is 5.55. The van der Waals surface area contributed by atoms with E-state index in [1.165, 1.54) is 6.42 Å². The van der Waals surface area contributed by atoms with Crippen LogP contribution in [0.25, 0.3) is 0 Å². The first-order valence-corrected chi connectivity index (χ1v) is 8.92. The Morgan fingerprint density at radius 2 is 2.04 bits per heavy atom. The molecule has 3 rings (SSSR count). The third-order valence-electron chi connectivity index (χ3n) is 4.69. The topological polar surface area (TPSA) is 58.6 Å². The number of benzene rings is 1. The molecule has 5 heteroatoms. The first-order chi connectivity index (χ1) is 11.5. The molecule has 5 nitrogen and oxygen atoms in total. The van der Waals surface area contributed by atoms with Gasteiger partial charge in [0.25, 0.3) is 5.91 Å². The molecule has 1 aliphatic heterocycles. The van der Waals surface area contributed by atoms with Crippen LogP contribution in [0, 0.1) is 11.8 Å². The summed E-state index contributed by atoms with van der Waals surface area (Å²) in [6.45, 7) is 4.89. The lowest BCUT2D eigenvalue weighted by Crippen LogP contribution is -2.41. The van der Waals surface area contributed by atoms with Crippen molar-refractivity contribution in [2.45, 2.75) is 46.0 Å². The number of hydrogen-bond donors (Lipinski definition) is 1. The lowest BCUT2D eigenvalue weighted by molar-refractivity contribution is -0.121. The van der Waals surface area contributed by atoms with Crippen molar-refractivity contribution in [3.05, 3.63) is 18.2 Å². The second kappa shape index (κ2) is 7.24. The molecule has 2 amide bonds. The van der Waals surface area contributed by atoms with E-state index in [0.717, 1.165) is 37.1 Å². The molecule has 1 aromatic carbocycles. The molecule has 0 unspecified atom stereocenters. The molecular weight excluding hydrogens is 304 g/mol. The normalized spacial score (nSPS) is 18.3. The molecule has 130 valence electrons. The van der Waals surface area contributed by atoms with Crippen molar-refractivity contribution in [2.75, 3.05) is 23.4 Å². The van der Waals surface area contributed by atoms with Gasteiger partial charge in [0.2, 0.25) is 5.91 Å². The Hall–Kier alpha value is -2.04. The number of rotatable bonds is 4. The molecular formula is C19H26N2O3. The zero-order valence-corrected chi connectivity index (χ0v) is 14.5. The average molecular weight is 330 g/mol. The first kappa shape index (κ1) is 16.8. The van der Waals surface area contributed by atoms with Crippen molar-refractivity contribution in [1.29, 1.82) is 0 Å². The Kier molecular flexibility index (Phi) is 5.07. The van der Waals surface area contributed by atoms with Crippen molar-refractivity contribution in [2.24, 2.45) is 11.8 Å². The summed E-state index contributed by atoms with van der Waals surface area (Å²) < 4.78 is 5.52. The Balaban J connectivity index is 1.77. The molecule has 2 aliphatic rings. The maximum atomic E-state index is 12.4. The second-order valence-corrected chi connectivity index (χ2v) is 7.19. The van der Waals surface area contributed by atoms with Gasteiger partial charge in [-0.05, 0) is 37.0 Å². The number of fused-ring (bicyclic) bond motifs is 1. The molecule has 1 N–H and O–H groups in total. The van der Waals surface area contributed by atoms with Crippen LogP contribution in [-0.4, -0.2) is 25.0 Å². The first-order valence-electron chi connectivity index (χ1n) is 8.92. The van der Waals surface area contributed by atoms with E-state index in [4.69, 9.17) is 4.74 Å². The Morgan fingerprint density at radius 1 is 1.29 bits per heavy atom. The fourth-order valence-electron chi connectivity index (χ4n) is 3.45. The van der Waals surface area contributed by atoms with E-state index in [1.807, 2.05) is 18.2 Å². The summed E-state index contributed by atoms with van der Waals surface area (Å²) >= 11 is 0. The summed E-state index contributed by atoms with van der Waals surface area (Å²) in [4.78, 5) is 26.4. The molecule has 0 spiro atoms. The lowest BCUT2D eigenvalue weighted by Gasteiger charge is -2.31. The smallest absolute Gasteiger partial charge is 0.265 e. The minimum Gasteiger partial charge on any atom is -0.482 e. The van der Waals surface area contributed by atoms with Crippen LogP contribution >= 0.6 is 0 Å². The average Bonchev–Trinajstić information content (AvgIpc) is 2.58. The monoisotopic (exact) mass is 330 g/mol. The zero-order valence-electron chi connectivity index (χ0n) is 14.5. The summed E-state index contributed by atoms with van der Waals surface area (Å²) in [5, 5.41) is 3.02. The van der Waals surface area contributed by atoms with Crippen LogP contribution in [0.15, 0.2) is 18.2 Å². The maximum absolute atomic E-state index is 12.4. The van der Waals surface area contributed by atoms with Crippen molar-refractivity contribution < 1.29 is 14.3 Å². The van der Waals surface area contributed by atoms with E-state index in [1.54, 1.807) is 4.90 Å². The van der Waals surface area contributed by atoms with E-state index in [2.05, 4.69) is 19.2 Å². The minimum atomic E-state index is -0.0352. The van der Waals surface area contributed by atoms with E-state index in [0.29, 0.717) is 18.2 Å². The van der Waals surface area contributed by atoms with Crippen LogP contribution in [0.1, 0.15) is 46.0 Å². The van der Waals surface area contributed by atoms with Gasteiger partial charge >= 0.3 is 0 Å². The van der Waals surface area contributed by atoms with Crippen molar-refractivity contribution in [3.63, 3.8) is 0 Å². The maximum Gasteiger partial charge on any atom is 0.265 e. The van der Waals surface area contributed by atoms with Crippen LogP contribution in [0.4, 0.5) is 11.4 Å². The largest absolute Gasteiger partial charge is 0.482 e. The highest BCUT2D eigenvalue weighted by Gasteiger charge is 2.27. The molecule has 0 aromatic heterocycles. The molecule has 1 aliphatic carbocycles. The zero-order chi connectivity index (χ0) is 17.1. The van der Waals surface area contributed by atoms with Crippen LogP contribution in [0.2, 0.25) is 0 Å². The highest BCUT2D eigenvalue weighted by molar-refractivity contribution is 5.99. The number of carbonyl (C=O) groups is 2. The number of ether oxygens (including phenoxy) is 1. The Bertz CT molecular complexity index is 621. The van der Waals surface area contributed by atoms with Crippen LogP contribution in [0.3, 0.4) is 0 Å². The fraction of sp³-hybridized carbons (Fsp3) is 0.579. The van der Waals surface area contributed by atoms with E-state index >= 15 is 0 Å². The van der Waals surface area contributed by atoms with Gasteiger partial charge in [0.05, 0.1) is 5.69 Å². The predicted octanol–water partition coefficient (Wildman–Crippen LogP) is 3.59. The number of anilines is 2. The van der Waals surface area contributed by atoms with Crippen molar-refractivity contribution >= 4 is 23.2 Å². The van der Waals surface area contributed by atoms with Crippen LogP contribution in [0.5, 0.6) is 5.75 Å². The van der Waals surface area contributed by atoms with Gasteiger partial charge in [-0.15, -0.1) is 0 Å². The minimum absolute atomic E-state index is 0.0352. The Labute approximate surface area is 143 Å². The van der Waals surface area contributed by atoms with E-state index < -0.39 is 0 Å². The molecule has 0 atom stereocenters. The van der Waals surface area contributed by atoms with E-state index in [-0.39, 0.29) is 24.3 Å². The van der Waals surface area contributed by atoms with Gasteiger partial charge in [0.1, 0.15) is 5.75 Å². The third kappa shape index (κ3) is 3.71. The van der Waals surface area contributed by atoms with Crippen molar-refractivity contribution in [1.82, 2.24) is 0 Å².